The van der Waals surface area contributed by atoms with E-state index in [1.807, 2.05) is 24.3 Å². The molecule has 0 spiro atoms. The minimum absolute atomic E-state index is 0.00445. The van der Waals surface area contributed by atoms with E-state index in [0.29, 0.717) is 35.9 Å². The number of amides is 1. The van der Waals surface area contributed by atoms with Crippen molar-refractivity contribution in [1.29, 1.82) is 0 Å². The highest BCUT2D eigenvalue weighted by Crippen LogP contribution is 2.28. The summed E-state index contributed by atoms with van der Waals surface area (Å²) in [6.07, 6.45) is 6.25. The first kappa shape index (κ1) is 18.5. The third-order valence-electron chi connectivity index (χ3n) is 4.91. The molecular formula is C20H18ClN5O2. The third-order valence-corrected chi connectivity index (χ3v) is 5.11. The summed E-state index contributed by atoms with van der Waals surface area (Å²) in [6, 6.07) is 9.02. The molecule has 1 aliphatic rings. The fraction of sp³-hybridized carbons (Fsp3) is 0.250. The molecule has 1 aliphatic heterocycles. The zero-order valence-electron chi connectivity index (χ0n) is 15.0. The summed E-state index contributed by atoms with van der Waals surface area (Å²) in [5.41, 5.74) is 3.19. The second-order valence-electron chi connectivity index (χ2n) is 6.63. The van der Waals surface area contributed by atoms with Gasteiger partial charge in [-0.15, -0.1) is 10.2 Å². The molecule has 0 aromatic carbocycles. The first-order valence-electron chi connectivity index (χ1n) is 8.95. The molecule has 0 bridgehead atoms. The van der Waals surface area contributed by atoms with Gasteiger partial charge in [-0.2, -0.15) is 0 Å². The quantitative estimate of drug-likeness (QED) is 0.668. The highest BCUT2D eigenvalue weighted by molar-refractivity contribution is 6.29. The van der Waals surface area contributed by atoms with E-state index in [4.69, 9.17) is 11.6 Å². The van der Waals surface area contributed by atoms with Gasteiger partial charge in [-0.3, -0.25) is 14.7 Å². The number of aromatic nitrogens is 4. The number of aliphatic hydroxyl groups is 1. The maximum absolute atomic E-state index is 12.9. The van der Waals surface area contributed by atoms with Crippen LogP contribution >= 0.6 is 11.6 Å². The van der Waals surface area contributed by atoms with Gasteiger partial charge in [0.25, 0.3) is 0 Å². The fourth-order valence-electron chi connectivity index (χ4n) is 3.39. The number of nitrogens with zero attached hydrogens (tertiary/aromatic N) is 5. The van der Waals surface area contributed by atoms with Crippen LogP contribution in [0.5, 0.6) is 0 Å². The molecule has 3 aromatic rings. The molecule has 0 radical (unpaired) electrons. The Bertz CT molecular complexity index is 982. The van der Waals surface area contributed by atoms with Crippen molar-refractivity contribution in [2.75, 3.05) is 11.4 Å². The second-order valence-corrected chi connectivity index (χ2v) is 7.01. The summed E-state index contributed by atoms with van der Waals surface area (Å²) in [6.45, 7) is 0.451. The van der Waals surface area contributed by atoms with Gasteiger partial charge in [0.15, 0.2) is 5.82 Å². The molecule has 8 heteroatoms. The van der Waals surface area contributed by atoms with Crippen molar-refractivity contribution in [2.45, 2.75) is 19.4 Å². The van der Waals surface area contributed by atoms with Crippen molar-refractivity contribution in [1.82, 2.24) is 20.2 Å². The standard InChI is InChI=1S/C20H18ClN5O2/c21-18-10-16(12-27)15(11-23-18)9-14-5-8-26(20(14)28)19-2-1-17(24-25-19)13-3-6-22-7-4-13/h1-4,6-7,10-11,14,27H,5,8-9,12H2/t14-/m0/s1. The average molecular weight is 396 g/mol. The van der Waals surface area contributed by atoms with Crippen molar-refractivity contribution >= 4 is 23.3 Å². The van der Waals surface area contributed by atoms with Gasteiger partial charge in [0.1, 0.15) is 5.15 Å². The van der Waals surface area contributed by atoms with E-state index in [1.54, 1.807) is 29.6 Å². The number of hydrogen-bond acceptors (Lipinski definition) is 6. The Kier molecular flexibility index (Phi) is 5.27. The Morgan fingerprint density at radius 1 is 1.14 bits per heavy atom. The molecule has 0 saturated carbocycles. The number of aliphatic hydroxyl groups excluding tert-OH is 1. The molecule has 4 rings (SSSR count). The van der Waals surface area contributed by atoms with E-state index in [9.17, 15) is 9.90 Å². The van der Waals surface area contributed by atoms with Gasteiger partial charge in [-0.25, -0.2) is 4.98 Å². The summed E-state index contributed by atoms with van der Waals surface area (Å²) in [4.78, 5) is 22.6. The maximum Gasteiger partial charge on any atom is 0.231 e. The topological polar surface area (TPSA) is 92.1 Å². The van der Waals surface area contributed by atoms with Gasteiger partial charge >= 0.3 is 0 Å². The number of carbonyl (C=O) groups is 1. The number of carbonyl (C=O) groups excluding carboxylic acids is 1. The summed E-state index contributed by atoms with van der Waals surface area (Å²) >= 11 is 5.89. The van der Waals surface area contributed by atoms with E-state index in [2.05, 4.69) is 20.2 Å². The smallest absolute Gasteiger partial charge is 0.231 e. The molecule has 1 fully saturated rings. The van der Waals surface area contributed by atoms with Crippen LogP contribution in [0.25, 0.3) is 11.3 Å². The zero-order valence-corrected chi connectivity index (χ0v) is 15.8. The monoisotopic (exact) mass is 395 g/mol. The van der Waals surface area contributed by atoms with Crippen molar-refractivity contribution in [3.8, 4) is 11.3 Å². The van der Waals surface area contributed by atoms with E-state index in [1.165, 1.54) is 0 Å². The Labute approximate surface area is 167 Å². The first-order valence-corrected chi connectivity index (χ1v) is 9.33. The minimum atomic E-state index is -0.185. The van der Waals surface area contributed by atoms with Crippen LogP contribution in [-0.4, -0.2) is 37.7 Å². The van der Waals surface area contributed by atoms with Crippen LogP contribution in [0, 0.1) is 5.92 Å². The lowest BCUT2D eigenvalue weighted by molar-refractivity contribution is -0.120. The number of anilines is 1. The maximum atomic E-state index is 12.9. The lowest BCUT2D eigenvalue weighted by Gasteiger charge is -2.16. The molecule has 0 unspecified atom stereocenters. The zero-order chi connectivity index (χ0) is 19.5. The van der Waals surface area contributed by atoms with Crippen molar-refractivity contribution in [3.05, 3.63) is 65.2 Å². The van der Waals surface area contributed by atoms with Gasteiger partial charge in [0, 0.05) is 36.6 Å². The van der Waals surface area contributed by atoms with Gasteiger partial charge < -0.3 is 5.11 Å². The van der Waals surface area contributed by atoms with Gasteiger partial charge in [-0.1, -0.05) is 11.6 Å². The highest BCUT2D eigenvalue weighted by Gasteiger charge is 2.33. The number of pyridine rings is 2. The van der Waals surface area contributed by atoms with Crippen LogP contribution in [0.15, 0.2) is 48.9 Å². The lowest BCUT2D eigenvalue weighted by atomic mass is 9.96. The van der Waals surface area contributed by atoms with E-state index in [-0.39, 0.29) is 18.4 Å². The van der Waals surface area contributed by atoms with Crippen LogP contribution in [0.2, 0.25) is 5.15 Å². The average Bonchev–Trinajstić information content (AvgIpc) is 3.10. The van der Waals surface area contributed by atoms with Crippen LogP contribution in [0.4, 0.5) is 5.82 Å². The summed E-state index contributed by atoms with van der Waals surface area (Å²) < 4.78 is 0. The van der Waals surface area contributed by atoms with Gasteiger partial charge in [0.05, 0.1) is 12.3 Å². The summed E-state index contributed by atoms with van der Waals surface area (Å²) in [5, 5.41) is 18.3. The Morgan fingerprint density at radius 2 is 1.96 bits per heavy atom. The summed E-state index contributed by atoms with van der Waals surface area (Å²) in [7, 11) is 0. The van der Waals surface area contributed by atoms with E-state index < -0.39 is 0 Å². The van der Waals surface area contributed by atoms with E-state index >= 15 is 0 Å². The van der Waals surface area contributed by atoms with Crippen LogP contribution in [0.1, 0.15) is 17.5 Å². The van der Waals surface area contributed by atoms with Crippen LogP contribution in [0.3, 0.4) is 0 Å². The van der Waals surface area contributed by atoms with Gasteiger partial charge in [0.2, 0.25) is 5.91 Å². The molecule has 1 amide bonds. The van der Waals surface area contributed by atoms with Crippen molar-refractivity contribution in [3.63, 3.8) is 0 Å². The van der Waals surface area contributed by atoms with Crippen LogP contribution < -0.4 is 4.90 Å². The molecule has 7 nitrogen and oxygen atoms in total. The second kappa shape index (κ2) is 8.00. The lowest BCUT2D eigenvalue weighted by Crippen LogP contribution is -2.28. The SMILES string of the molecule is O=C1[C@H](Cc2cnc(Cl)cc2CO)CCN1c1ccc(-c2ccncc2)nn1. The van der Waals surface area contributed by atoms with Crippen LogP contribution in [-0.2, 0) is 17.8 Å². The first-order chi connectivity index (χ1) is 13.7. The third kappa shape index (κ3) is 3.72. The molecule has 3 aromatic heterocycles. The normalized spacial score (nSPS) is 16.6. The minimum Gasteiger partial charge on any atom is -0.392 e. The predicted octanol–water partition coefficient (Wildman–Crippen LogP) is 2.67. The number of rotatable bonds is 5. The fourth-order valence-corrected chi connectivity index (χ4v) is 3.57. The van der Waals surface area contributed by atoms with Gasteiger partial charge in [-0.05, 0) is 54.3 Å². The van der Waals surface area contributed by atoms with E-state index in [0.717, 1.165) is 16.8 Å². The van der Waals surface area contributed by atoms with Crippen molar-refractivity contribution in [2.24, 2.45) is 5.92 Å². The molecule has 4 heterocycles. The summed E-state index contributed by atoms with van der Waals surface area (Å²) in [5.74, 6) is 0.363. The Morgan fingerprint density at radius 3 is 2.68 bits per heavy atom. The number of halogens is 1. The molecule has 1 atom stereocenters. The molecule has 1 saturated heterocycles. The predicted molar refractivity (Wildman–Crippen MR) is 105 cm³/mol. The Balaban J connectivity index is 1.49. The molecule has 142 valence electrons. The largest absolute Gasteiger partial charge is 0.392 e. The molecule has 1 N–H and O–H groups in total. The molecule has 28 heavy (non-hydrogen) atoms. The molecule has 0 aliphatic carbocycles. The Hall–Kier alpha value is -2.90. The number of hydrogen-bond donors (Lipinski definition) is 1. The highest BCUT2D eigenvalue weighted by atomic mass is 35.5. The molecular weight excluding hydrogens is 378 g/mol. The van der Waals surface area contributed by atoms with Crippen molar-refractivity contribution < 1.29 is 9.90 Å².